The summed E-state index contributed by atoms with van der Waals surface area (Å²) in [5.74, 6) is 1.08. The first-order valence-corrected chi connectivity index (χ1v) is 6.00. The van der Waals surface area contributed by atoms with Gasteiger partial charge in [0.15, 0.2) is 0 Å². The molecule has 0 saturated heterocycles. The van der Waals surface area contributed by atoms with Gasteiger partial charge < -0.3 is 10.6 Å². The summed E-state index contributed by atoms with van der Waals surface area (Å²) in [4.78, 5) is 10.3. The molecule has 1 aromatic heterocycles. The van der Waals surface area contributed by atoms with Gasteiger partial charge in [0, 0.05) is 30.4 Å². The normalized spacial score (nSPS) is 10.4. The second-order valence-electron chi connectivity index (χ2n) is 4.17. The monoisotopic (exact) mass is 262 g/mol. The van der Waals surface area contributed by atoms with Crippen molar-refractivity contribution in [3.8, 4) is 0 Å². The van der Waals surface area contributed by atoms with Crippen LogP contribution in [0.25, 0.3) is 0 Å². The Bertz CT molecular complexity index is 536. The first kappa shape index (κ1) is 12.6. The molecule has 0 aliphatic rings. The van der Waals surface area contributed by atoms with Crippen molar-refractivity contribution in [2.45, 2.75) is 13.5 Å². The number of nitrogens with zero attached hydrogens (tertiary/aromatic N) is 3. The lowest BCUT2D eigenvalue weighted by Gasteiger charge is -2.19. The zero-order valence-electron chi connectivity index (χ0n) is 10.4. The van der Waals surface area contributed by atoms with Crippen LogP contribution in [0.2, 0.25) is 5.02 Å². The summed E-state index contributed by atoms with van der Waals surface area (Å²) >= 11 is 6.13. The highest BCUT2D eigenvalue weighted by molar-refractivity contribution is 6.31. The van der Waals surface area contributed by atoms with Gasteiger partial charge in [-0.1, -0.05) is 29.8 Å². The Morgan fingerprint density at radius 3 is 2.67 bits per heavy atom. The second-order valence-corrected chi connectivity index (χ2v) is 4.58. The van der Waals surface area contributed by atoms with E-state index in [2.05, 4.69) is 9.97 Å². The van der Waals surface area contributed by atoms with Crippen LogP contribution in [0.5, 0.6) is 0 Å². The van der Waals surface area contributed by atoms with Crippen LogP contribution in [0.3, 0.4) is 0 Å². The smallest absolute Gasteiger partial charge is 0.222 e. The molecule has 0 amide bonds. The highest BCUT2D eigenvalue weighted by atomic mass is 35.5. The predicted molar refractivity (Wildman–Crippen MR) is 74.7 cm³/mol. The standard InChI is InChI=1S/C13H15ClN4/c1-9-7-12(17-13(15)16-9)18(2)8-10-5-3-4-6-11(10)14/h3-7H,8H2,1-2H3,(H2,15,16,17). The average molecular weight is 263 g/mol. The number of aryl methyl sites for hydroxylation is 1. The molecule has 2 rings (SSSR count). The molecule has 0 atom stereocenters. The van der Waals surface area contributed by atoms with Crippen molar-refractivity contribution in [2.24, 2.45) is 0 Å². The summed E-state index contributed by atoms with van der Waals surface area (Å²) in [7, 11) is 1.95. The maximum atomic E-state index is 6.13. The molecule has 0 fully saturated rings. The number of hydrogen-bond donors (Lipinski definition) is 1. The molecular weight excluding hydrogens is 248 g/mol. The fourth-order valence-corrected chi connectivity index (χ4v) is 1.93. The fraction of sp³-hybridized carbons (Fsp3) is 0.231. The molecule has 0 aliphatic heterocycles. The number of rotatable bonds is 3. The highest BCUT2D eigenvalue weighted by Crippen LogP contribution is 2.20. The van der Waals surface area contributed by atoms with Crippen molar-refractivity contribution in [2.75, 3.05) is 17.7 Å². The summed E-state index contributed by atoms with van der Waals surface area (Å²) < 4.78 is 0. The number of benzene rings is 1. The zero-order valence-corrected chi connectivity index (χ0v) is 11.1. The molecule has 2 N–H and O–H groups in total. The van der Waals surface area contributed by atoms with Crippen LogP contribution in [0, 0.1) is 6.92 Å². The van der Waals surface area contributed by atoms with Gasteiger partial charge in [0.2, 0.25) is 5.95 Å². The van der Waals surface area contributed by atoms with E-state index >= 15 is 0 Å². The van der Waals surface area contributed by atoms with Gasteiger partial charge in [0.1, 0.15) is 5.82 Å². The Balaban J connectivity index is 2.22. The molecule has 1 aromatic carbocycles. The number of halogens is 1. The number of aromatic nitrogens is 2. The third kappa shape index (κ3) is 2.90. The van der Waals surface area contributed by atoms with Gasteiger partial charge in [-0.3, -0.25) is 0 Å². The van der Waals surface area contributed by atoms with E-state index in [0.717, 1.165) is 22.1 Å². The van der Waals surface area contributed by atoms with Crippen molar-refractivity contribution < 1.29 is 0 Å². The van der Waals surface area contributed by atoms with Crippen LogP contribution in [0.1, 0.15) is 11.3 Å². The molecule has 0 bridgehead atoms. The topological polar surface area (TPSA) is 55.0 Å². The van der Waals surface area contributed by atoms with E-state index in [1.807, 2.05) is 49.2 Å². The summed E-state index contributed by atoms with van der Waals surface area (Å²) in [6, 6.07) is 9.65. The minimum Gasteiger partial charge on any atom is -0.368 e. The van der Waals surface area contributed by atoms with Crippen molar-refractivity contribution >= 4 is 23.4 Å². The molecule has 4 nitrogen and oxygen atoms in total. The highest BCUT2D eigenvalue weighted by Gasteiger charge is 2.07. The van der Waals surface area contributed by atoms with Crippen molar-refractivity contribution in [3.63, 3.8) is 0 Å². The summed E-state index contributed by atoms with van der Waals surface area (Å²) in [5.41, 5.74) is 7.55. The molecule has 5 heteroatoms. The summed E-state index contributed by atoms with van der Waals surface area (Å²) in [5, 5.41) is 0.753. The molecule has 94 valence electrons. The van der Waals surface area contributed by atoms with Crippen molar-refractivity contribution in [1.82, 2.24) is 9.97 Å². The summed E-state index contributed by atoms with van der Waals surface area (Å²) in [6.07, 6.45) is 0. The lowest BCUT2D eigenvalue weighted by Crippen LogP contribution is -2.19. The van der Waals surface area contributed by atoms with E-state index in [4.69, 9.17) is 17.3 Å². The van der Waals surface area contributed by atoms with Gasteiger partial charge in [0.25, 0.3) is 0 Å². The maximum Gasteiger partial charge on any atom is 0.222 e. The average Bonchev–Trinajstić information content (AvgIpc) is 2.31. The number of anilines is 2. The van der Waals surface area contributed by atoms with Gasteiger partial charge >= 0.3 is 0 Å². The van der Waals surface area contributed by atoms with Gasteiger partial charge in [-0.2, -0.15) is 4.98 Å². The lowest BCUT2D eigenvalue weighted by molar-refractivity contribution is 0.890. The van der Waals surface area contributed by atoms with Crippen molar-refractivity contribution in [1.29, 1.82) is 0 Å². The molecule has 0 saturated carbocycles. The molecular formula is C13H15ClN4. The molecule has 0 unspecified atom stereocenters. The molecule has 18 heavy (non-hydrogen) atoms. The molecule has 0 radical (unpaired) electrons. The van der Waals surface area contributed by atoms with Crippen LogP contribution in [0.15, 0.2) is 30.3 Å². The molecule has 1 heterocycles. The first-order valence-electron chi connectivity index (χ1n) is 5.62. The maximum absolute atomic E-state index is 6.13. The molecule has 2 aromatic rings. The van der Waals surface area contributed by atoms with Gasteiger partial charge in [-0.25, -0.2) is 4.98 Å². The largest absolute Gasteiger partial charge is 0.368 e. The number of nitrogens with two attached hydrogens (primary N) is 1. The zero-order chi connectivity index (χ0) is 13.1. The Kier molecular flexibility index (Phi) is 3.67. The van der Waals surface area contributed by atoms with Crippen LogP contribution < -0.4 is 10.6 Å². The minimum absolute atomic E-state index is 0.288. The van der Waals surface area contributed by atoms with Crippen LogP contribution in [0.4, 0.5) is 11.8 Å². The van der Waals surface area contributed by atoms with Gasteiger partial charge in [-0.05, 0) is 18.6 Å². The van der Waals surface area contributed by atoms with Crippen LogP contribution in [-0.4, -0.2) is 17.0 Å². The Morgan fingerprint density at radius 1 is 1.28 bits per heavy atom. The minimum atomic E-state index is 0.288. The van der Waals surface area contributed by atoms with E-state index in [0.29, 0.717) is 6.54 Å². The molecule has 0 spiro atoms. The van der Waals surface area contributed by atoms with Gasteiger partial charge in [0.05, 0.1) is 0 Å². The van der Waals surface area contributed by atoms with E-state index in [1.54, 1.807) is 0 Å². The Labute approximate surface area is 111 Å². The quantitative estimate of drug-likeness (QED) is 0.924. The van der Waals surface area contributed by atoms with E-state index in [9.17, 15) is 0 Å². The fourth-order valence-electron chi connectivity index (χ4n) is 1.73. The lowest BCUT2D eigenvalue weighted by atomic mass is 10.2. The molecule has 0 aliphatic carbocycles. The van der Waals surface area contributed by atoms with E-state index in [1.165, 1.54) is 0 Å². The number of hydrogen-bond acceptors (Lipinski definition) is 4. The number of nitrogen functional groups attached to an aromatic ring is 1. The van der Waals surface area contributed by atoms with Crippen LogP contribution >= 0.6 is 11.6 Å². The Morgan fingerprint density at radius 2 is 2.00 bits per heavy atom. The van der Waals surface area contributed by atoms with E-state index in [-0.39, 0.29) is 5.95 Å². The second kappa shape index (κ2) is 5.23. The van der Waals surface area contributed by atoms with Gasteiger partial charge in [-0.15, -0.1) is 0 Å². The third-order valence-corrected chi connectivity index (χ3v) is 2.98. The third-order valence-electron chi connectivity index (χ3n) is 2.61. The van der Waals surface area contributed by atoms with Crippen molar-refractivity contribution in [3.05, 3.63) is 46.6 Å². The Hall–Kier alpha value is -1.81. The first-order chi connectivity index (χ1) is 8.56. The summed E-state index contributed by atoms with van der Waals surface area (Å²) in [6.45, 7) is 2.57. The van der Waals surface area contributed by atoms with E-state index < -0.39 is 0 Å². The SMILES string of the molecule is Cc1cc(N(C)Cc2ccccc2Cl)nc(N)n1. The van der Waals surface area contributed by atoms with Crippen LogP contribution in [-0.2, 0) is 6.54 Å². The predicted octanol–water partition coefficient (Wildman–Crippen LogP) is 2.66.